The van der Waals surface area contributed by atoms with Crippen LogP contribution in [0, 0.1) is 5.92 Å². The van der Waals surface area contributed by atoms with Gasteiger partial charge < -0.3 is 90.8 Å². The molecule has 19 N–H and O–H groups in total. The quantitative estimate of drug-likeness (QED) is 0.00720. The van der Waals surface area contributed by atoms with Crippen LogP contribution < -0.4 is 75.7 Å². The van der Waals surface area contributed by atoms with Crippen molar-refractivity contribution in [3.8, 4) is 5.75 Å². The number of pyridine rings is 1. The van der Waals surface area contributed by atoms with Gasteiger partial charge in [0.15, 0.2) is 5.96 Å². The molecule has 0 unspecified atom stereocenters. The number of carboxylic acids is 1. The Kier molecular flexibility index (Phi) is 29.7. The summed E-state index contributed by atoms with van der Waals surface area (Å²) >= 11 is 0. The van der Waals surface area contributed by atoms with Gasteiger partial charge in [-0.25, -0.2) is 4.79 Å². The molecular formula is C65H84N20O16. The van der Waals surface area contributed by atoms with E-state index >= 15 is 0 Å². The van der Waals surface area contributed by atoms with Crippen LogP contribution in [0.3, 0.4) is 0 Å². The lowest BCUT2D eigenvalue weighted by Crippen LogP contribution is -2.62. The Labute approximate surface area is 578 Å². The first-order valence-electron chi connectivity index (χ1n) is 32.4. The number of benzene rings is 3. The van der Waals surface area contributed by atoms with Gasteiger partial charge in [0.1, 0.15) is 66.2 Å². The molecule has 0 radical (unpaired) electrons. The van der Waals surface area contributed by atoms with Gasteiger partial charge in [-0.15, -0.1) is 0 Å². The van der Waals surface area contributed by atoms with Crippen LogP contribution >= 0.6 is 0 Å². The standard InChI is InChI=1S/C65H84N20O16/c1-34(2)23-43(55(91)75-42(12-7-21-71-65(67)68)63(99)85-22-8-13-51(85)62(98)81-49(30-66)64(100)101)76-61(97)50-32-72-54(90)33-73-52(88)28-47(79-56(92)44(74-35(3)86)26-37-14-17-39-10-4-5-11-40(39)24-37)59(95)78-46(27-38-9-6-20-70-31-38)57(93)80-48(29-53(89)83-84-69)60(96)77-45(58(94)82-50)25-36-15-18-41(87)19-16-36/h4-6,9-11,14-20,24,31,34,42-51,87H,7-8,12-13,21-23,25-30,32-33,66H2,1-3H3,(H,72,90)(H,73,88)(H,74,86)(H,75,91)(H,76,97)(H,77,96)(H,78,95)(H,79,92)(H,80,93)(H,81,98)(H,82,94)(H,100,101)(H4,67,68,71)/t42-,43-,44+,45-,46+,47+,48-,49-,50+,51-/m0/s1. The van der Waals surface area contributed by atoms with E-state index in [9.17, 15) is 82.9 Å². The number of phenolic OH excluding ortho intramolecular Hbond substituents is 1. The highest BCUT2D eigenvalue weighted by Crippen LogP contribution is 2.22. The van der Waals surface area contributed by atoms with Crippen molar-refractivity contribution in [2.45, 2.75) is 145 Å². The zero-order chi connectivity index (χ0) is 73.9. The second kappa shape index (κ2) is 38.4. The molecule has 101 heavy (non-hydrogen) atoms. The number of aromatic hydroxyl groups is 1. The molecular weight excluding hydrogens is 1320 g/mol. The maximum absolute atomic E-state index is 14.9. The van der Waals surface area contributed by atoms with Crippen molar-refractivity contribution in [3.05, 3.63) is 118 Å². The van der Waals surface area contributed by atoms with Crippen molar-refractivity contribution < 1.29 is 77.3 Å². The maximum Gasteiger partial charge on any atom is 0.327 e. The molecule has 0 bridgehead atoms. The number of rotatable bonds is 26. The highest BCUT2D eigenvalue weighted by Gasteiger charge is 2.41. The van der Waals surface area contributed by atoms with Gasteiger partial charge >= 0.3 is 5.97 Å². The first kappa shape index (κ1) is 78.2. The zero-order valence-corrected chi connectivity index (χ0v) is 55.6. The minimum atomic E-state index is -2.06. The first-order valence-corrected chi connectivity index (χ1v) is 32.4. The van der Waals surface area contributed by atoms with Crippen LogP contribution in [0.2, 0.25) is 0 Å². The number of hydrogen-bond acceptors (Lipinski definition) is 18. The molecule has 540 valence electrons. The Morgan fingerprint density at radius 1 is 0.723 bits per heavy atom. The van der Waals surface area contributed by atoms with E-state index in [4.69, 9.17) is 17.2 Å². The molecule has 10 atom stereocenters. The van der Waals surface area contributed by atoms with E-state index in [1.165, 1.54) is 53.7 Å². The molecule has 36 heteroatoms. The summed E-state index contributed by atoms with van der Waals surface area (Å²) in [6.07, 6.45) is -0.143. The lowest BCUT2D eigenvalue weighted by atomic mass is 10.0. The largest absolute Gasteiger partial charge is 0.508 e. The fourth-order valence-corrected chi connectivity index (χ4v) is 11.1. The number of phenols is 1. The number of amides is 13. The van der Waals surface area contributed by atoms with Gasteiger partial charge in [-0.3, -0.25) is 72.3 Å². The van der Waals surface area contributed by atoms with Crippen LogP contribution in [0.15, 0.2) is 101 Å². The lowest BCUT2D eigenvalue weighted by molar-refractivity contribution is -0.145. The van der Waals surface area contributed by atoms with E-state index in [-0.39, 0.29) is 62.5 Å². The molecule has 2 aliphatic heterocycles. The molecule has 2 saturated heterocycles. The Morgan fingerprint density at radius 3 is 2.03 bits per heavy atom. The van der Waals surface area contributed by atoms with E-state index < -0.39 is 194 Å². The van der Waals surface area contributed by atoms with E-state index in [1.54, 1.807) is 38.1 Å². The van der Waals surface area contributed by atoms with Gasteiger partial charge in [0, 0.05) is 76.1 Å². The van der Waals surface area contributed by atoms with Gasteiger partial charge in [-0.2, -0.15) is 0 Å². The Balaban J connectivity index is 1.38. The number of fused-ring (bicyclic) bond motifs is 1. The smallest absolute Gasteiger partial charge is 0.327 e. The number of carbonyl (C=O) groups is 14. The molecule has 1 aromatic heterocycles. The minimum Gasteiger partial charge on any atom is -0.508 e. The van der Waals surface area contributed by atoms with E-state index in [2.05, 4.69) is 78.5 Å². The third-order valence-electron chi connectivity index (χ3n) is 16.1. The number of likely N-dealkylation sites (tertiary alicyclic amines) is 1. The van der Waals surface area contributed by atoms with Gasteiger partial charge in [0.2, 0.25) is 76.8 Å². The average Bonchev–Trinajstić information content (AvgIpc) is 1.82. The third-order valence-corrected chi connectivity index (χ3v) is 16.1. The second-order valence-electron chi connectivity index (χ2n) is 24.5. The molecule has 2 aliphatic rings. The third kappa shape index (κ3) is 24.9. The van der Waals surface area contributed by atoms with Crippen LogP contribution in [0.4, 0.5) is 0 Å². The monoisotopic (exact) mass is 1400 g/mol. The van der Waals surface area contributed by atoms with Crippen molar-refractivity contribution in [3.63, 3.8) is 0 Å². The summed E-state index contributed by atoms with van der Waals surface area (Å²) in [5.41, 5.74) is 27.1. The van der Waals surface area contributed by atoms with Crippen LogP contribution in [-0.2, 0) is 86.4 Å². The average molecular weight is 1400 g/mol. The second-order valence-corrected chi connectivity index (χ2v) is 24.5. The SMILES string of the molecule is CC(=O)N[C@H](Cc1ccc2ccccc2c1)C(=O)N[C@@H]1CC(=O)NCC(=O)NC[C@H](C(=O)N[C@@H](CC(C)C)C(=O)N[C@@H](CCCN=C(N)N)C(=O)N2CCC[C@H]2C(=O)N[C@@H](CN)C(=O)O)NC(=O)[C@H](Cc2ccc(O)cc2)NC(=O)[C@H](CC(=O)N=[N+]=[N-])NC(=O)[C@@H](Cc2cccnc2)NC1=O. The summed E-state index contributed by atoms with van der Waals surface area (Å²) < 4.78 is 0. The van der Waals surface area contributed by atoms with Crippen LogP contribution in [0.1, 0.15) is 82.4 Å². The van der Waals surface area contributed by atoms with Crippen molar-refractivity contribution in [2.75, 3.05) is 32.7 Å². The van der Waals surface area contributed by atoms with Crippen molar-refractivity contribution in [2.24, 2.45) is 33.2 Å². The molecule has 2 fully saturated rings. The van der Waals surface area contributed by atoms with Crippen LogP contribution in [-0.4, -0.2) is 202 Å². The Hall–Kier alpha value is -11.8. The van der Waals surface area contributed by atoms with Gasteiger partial charge in [-0.05, 0) is 94.3 Å². The van der Waals surface area contributed by atoms with E-state index in [0.717, 1.165) is 17.7 Å². The van der Waals surface area contributed by atoms with E-state index in [0.29, 0.717) is 17.5 Å². The summed E-state index contributed by atoms with van der Waals surface area (Å²) in [5.74, 6) is -16.0. The summed E-state index contributed by atoms with van der Waals surface area (Å²) in [5, 5.41) is 51.7. The van der Waals surface area contributed by atoms with Crippen molar-refractivity contribution in [1.82, 2.24) is 68.4 Å². The number of nitrogens with two attached hydrogens (primary N) is 3. The number of aromatic nitrogens is 1. The fraction of sp³-hybridized carbons (Fsp3) is 0.446. The summed E-state index contributed by atoms with van der Waals surface area (Å²) in [6, 6.07) is 4.31. The van der Waals surface area contributed by atoms with Gasteiger partial charge in [-0.1, -0.05) is 74.5 Å². The number of aliphatic carboxylic acids is 1. The lowest BCUT2D eigenvalue weighted by Gasteiger charge is -2.31. The number of nitrogens with zero attached hydrogens (tertiary/aromatic N) is 6. The molecule has 6 rings (SSSR count). The predicted octanol–water partition coefficient (Wildman–Crippen LogP) is -3.65. The fourth-order valence-electron chi connectivity index (χ4n) is 11.1. The molecule has 0 saturated carbocycles. The number of aliphatic imine (C=N–C) groups is 1. The Morgan fingerprint density at radius 2 is 1.38 bits per heavy atom. The summed E-state index contributed by atoms with van der Waals surface area (Å²) in [4.78, 5) is 208. The van der Waals surface area contributed by atoms with Crippen molar-refractivity contribution >= 4 is 99.5 Å². The highest BCUT2D eigenvalue weighted by molar-refractivity contribution is 6.01. The van der Waals surface area contributed by atoms with Crippen molar-refractivity contribution in [1.29, 1.82) is 0 Å². The van der Waals surface area contributed by atoms with Crippen LogP contribution in [0.25, 0.3) is 21.2 Å². The minimum absolute atomic E-state index is 0.0103. The molecule has 4 aromatic rings. The number of carboxylic acid groups (broad SMARTS) is 1. The molecule has 0 spiro atoms. The molecule has 3 heterocycles. The highest BCUT2D eigenvalue weighted by atomic mass is 16.4. The number of guanidine groups is 1. The topological polar surface area (TPSA) is 567 Å². The molecule has 3 aromatic carbocycles. The Bertz CT molecular complexity index is 3770. The number of carbonyl (C=O) groups excluding carboxylic acids is 13. The van der Waals surface area contributed by atoms with Crippen LogP contribution in [0.5, 0.6) is 5.75 Å². The van der Waals surface area contributed by atoms with Gasteiger partial charge in [0.05, 0.1) is 13.0 Å². The molecule has 0 aliphatic carbocycles. The first-order chi connectivity index (χ1) is 48.1. The number of hydrogen-bond donors (Lipinski definition) is 16. The summed E-state index contributed by atoms with van der Waals surface area (Å²) in [7, 11) is 0. The normalized spacial score (nSPS) is 19.8. The summed E-state index contributed by atoms with van der Waals surface area (Å²) in [6.45, 7) is 2.30. The number of nitrogens with one attached hydrogen (secondary N) is 11. The predicted molar refractivity (Wildman–Crippen MR) is 361 cm³/mol. The zero-order valence-electron chi connectivity index (χ0n) is 55.6. The molecule has 36 nitrogen and oxygen atoms in total. The molecule has 13 amide bonds. The van der Waals surface area contributed by atoms with E-state index in [1.807, 2.05) is 18.2 Å². The maximum atomic E-state index is 14.9. The number of azide groups is 1. The van der Waals surface area contributed by atoms with Gasteiger partial charge in [0.25, 0.3) is 0 Å².